The molecule has 0 saturated heterocycles. The summed E-state index contributed by atoms with van der Waals surface area (Å²) in [5.41, 5.74) is 2.16. The van der Waals surface area contributed by atoms with Crippen molar-refractivity contribution < 1.29 is 13.2 Å². The number of fused-ring (bicyclic) bond motifs is 1. The van der Waals surface area contributed by atoms with Crippen LogP contribution in [0.1, 0.15) is 15.9 Å². The van der Waals surface area contributed by atoms with Crippen LogP contribution in [0.4, 0.5) is 11.5 Å². The van der Waals surface area contributed by atoms with Crippen LogP contribution in [-0.4, -0.2) is 19.3 Å². The van der Waals surface area contributed by atoms with Crippen LogP contribution in [0.15, 0.2) is 90.0 Å². The molecule has 1 heterocycles. The number of carbonyl (C=O) groups excluding carboxylic acids is 1. The van der Waals surface area contributed by atoms with Crippen molar-refractivity contribution in [1.82, 2.24) is 4.98 Å². The van der Waals surface area contributed by atoms with Crippen molar-refractivity contribution in [3.05, 3.63) is 96.2 Å². The molecule has 0 bridgehead atoms. The molecule has 1 aromatic heterocycles. The average Bonchev–Trinajstić information content (AvgIpc) is 2.75. The third kappa shape index (κ3) is 4.01. The van der Waals surface area contributed by atoms with Crippen LogP contribution >= 0.6 is 0 Å². The van der Waals surface area contributed by atoms with Gasteiger partial charge < -0.3 is 5.32 Å². The summed E-state index contributed by atoms with van der Waals surface area (Å²) in [6.45, 7) is 2.00. The van der Waals surface area contributed by atoms with Crippen molar-refractivity contribution in [2.75, 3.05) is 10.0 Å². The van der Waals surface area contributed by atoms with Gasteiger partial charge in [-0.15, -0.1) is 0 Å². The molecule has 0 spiro atoms. The minimum Gasteiger partial charge on any atom is -0.322 e. The summed E-state index contributed by atoms with van der Waals surface area (Å²) in [7, 11) is -3.77. The number of carbonyl (C=O) groups is 1. The van der Waals surface area contributed by atoms with Gasteiger partial charge in [-0.2, -0.15) is 0 Å². The van der Waals surface area contributed by atoms with E-state index in [2.05, 4.69) is 15.0 Å². The number of sulfonamides is 1. The van der Waals surface area contributed by atoms with Crippen molar-refractivity contribution in [2.45, 2.75) is 11.8 Å². The standard InChI is InChI=1S/C23H19N3O3S/c1-16-9-14-21(20-7-3-2-6-19(16)20)23(27)25-17-10-12-18(13-11-17)30(28,29)26-22-8-4-5-15-24-22/h2-15H,1H3,(H,24,26)(H,25,27). The first kappa shape index (κ1) is 19.6. The Bertz CT molecular complexity index is 1320. The van der Waals surface area contributed by atoms with E-state index in [1.807, 2.05) is 37.3 Å². The lowest BCUT2D eigenvalue weighted by atomic mass is 10.00. The van der Waals surface area contributed by atoms with E-state index in [4.69, 9.17) is 0 Å². The molecule has 0 saturated carbocycles. The Morgan fingerprint density at radius 3 is 2.23 bits per heavy atom. The molecule has 2 N–H and O–H groups in total. The van der Waals surface area contributed by atoms with Gasteiger partial charge in [0.1, 0.15) is 5.82 Å². The van der Waals surface area contributed by atoms with Crippen LogP contribution in [0.3, 0.4) is 0 Å². The highest BCUT2D eigenvalue weighted by Gasteiger charge is 2.16. The van der Waals surface area contributed by atoms with Gasteiger partial charge in [0, 0.05) is 17.4 Å². The Labute approximate surface area is 174 Å². The molecule has 0 radical (unpaired) electrons. The molecule has 0 unspecified atom stereocenters. The van der Waals surface area contributed by atoms with E-state index < -0.39 is 10.0 Å². The fraction of sp³-hybridized carbons (Fsp3) is 0.0435. The zero-order valence-corrected chi connectivity index (χ0v) is 17.0. The predicted octanol–water partition coefficient (Wildman–Crippen LogP) is 4.60. The second kappa shape index (κ2) is 7.96. The molecule has 4 aromatic rings. The molecule has 0 aliphatic carbocycles. The van der Waals surface area contributed by atoms with E-state index in [0.29, 0.717) is 11.3 Å². The predicted molar refractivity (Wildman–Crippen MR) is 118 cm³/mol. The van der Waals surface area contributed by atoms with E-state index in [9.17, 15) is 13.2 Å². The fourth-order valence-electron chi connectivity index (χ4n) is 3.18. The first-order valence-corrected chi connectivity index (χ1v) is 10.8. The van der Waals surface area contributed by atoms with E-state index in [0.717, 1.165) is 16.3 Å². The van der Waals surface area contributed by atoms with Gasteiger partial charge in [0.2, 0.25) is 0 Å². The summed E-state index contributed by atoms with van der Waals surface area (Å²) in [5.74, 6) is -0.0189. The zero-order valence-electron chi connectivity index (χ0n) is 16.2. The Kier molecular flexibility index (Phi) is 5.20. The van der Waals surface area contributed by atoms with Crippen LogP contribution in [0.5, 0.6) is 0 Å². The molecule has 6 nitrogen and oxygen atoms in total. The number of nitrogens with one attached hydrogen (secondary N) is 2. The normalized spacial score (nSPS) is 11.2. The molecule has 7 heteroatoms. The number of nitrogens with zero attached hydrogens (tertiary/aromatic N) is 1. The number of anilines is 2. The summed E-state index contributed by atoms with van der Waals surface area (Å²) in [5, 5.41) is 4.72. The van der Waals surface area contributed by atoms with Gasteiger partial charge in [0.05, 0.1) is 4.90 Å². The molecule has 4 rings (SSSR count). The van der Waals surface area contributed by atoms with E-state index in [1.165, 1.54) is 18.3 Å². The van der Waals surface area contributed by atoms with Crippen molar-refractivity contribution in [3.8, 4) is 0 Å². The number of hydrogen-bond donors (Lipinski definition) is 2. The minimum absolute atomic E-state index is 0.0759. The van der Waals surface area contributed by atoms with Crippen LogP contribution in [0.25, 0.3) is 10.8 Å². The number of aromatic nitrogens is 1. The lowest BCUT2D eigenvalue weighted by Crippen LogP contribution is -2.15. The first-order chi connectivity index (χ1) is 14.4. The van der Waals surface area contributed by atoms with E-state index in [-0.39, 0.29) is 16.6 Å². The topological polar surface area (TPSA) is 88.2 Å². The molecule has 0 fully saturated rings. The monoisotopic (exact) mass is 417 g/mol. The second-order valence-corrected chi connectivity index (χ2v) is 8.46. The van der Waals surface area contributed by atoms with Gasteiger partial charge in [-0.25, -0.2) is 13.4 Å². The number of aryl methyl sites for hydroxylation is 1. The maximum absolute atomic E-state index is 12.8. The first-order valence-electron chi connectivity index (χ1n) is 9.28. The molecule has 0 atom stereocenters. The summed E-state index contributed by atoms with van der Waals surface area (Å²) in [4.78, 5) is 16.9. The Balaban J connectivity index is 1.54. The molecular weight excluding hydrogens is 398 g/mol. The van der Waals surface area contributed by atoms with Gasteiger partial charge in [-0.1, -0.05) is 36.4 Å². The maximum atomic E-state index is 12.8. The lowest BCUT2D eigenvalue weighted by Gasteiger charge is -2.11. The Morgan fingerprint density at radius 2 is 1.53 bits per heavy atom. The average molecular weight is 417 g/mol. The minimum atomic E-state index is -3.77. The lowest BCUT2D eigenvalue weighted by molar-refractivity contribution is 0.102. The number of benzene rings is 3. The van der Waals surface area contributed by atoms with Crippen molar-refractivity contribution in [1.29, 1.82) is 0 Å². The zero-order chi connectivity index (χ0) is 21.1. The van der Waals surface area contributed by atoms with Crippen LogP contribution in [0, 0.1) is 6.92 Å². The molecule has 150 valence electrons. The van der Waals surface area contributed by atoms with Crippen molar-refractivity contribution in [2.24, 2.45) is 0 Å². The summed E-state index contributed by atoms with van der Waals surface area (Å²) in [6, 6.07) is 22.4. The molecular formula is C23H19N3O3S. The van der Waals surface area contributed by atoms with Gasteiger partial charge in [0.25, 0.3) is 15.9 Å². The number of rotatable bonds is 5. The number of hydrogen-bond acceptors (Lipinski definition) is 4. The van der Waals surface area contributed by atoms with E-state index >= 15 is 0 Å². The van der Waals surface area contributed by atoms with Gasteiger partial charge >= 0.3 is 0 Å². The van der Waals surface area contributed by atoms with Crippen LogP contribution in [0.2, 0.25) is 0 Å². The quantitative estimate of drug-likeness (QED) is 0.497. The highest BCUT2D eigenvalue weighted by molar-refractivity contribution is 7.92. The summed E-state index contributed by atoms with van der Waals surface area (Å²) in [6.07, 6.45) is 1.51. The van der Waals surface area contributed by atoms with Gasteiger partial charge in [0.15, 0.2) is 0 Å². The van der Waals surface area contributed by atoms with Crippen molar-refractivity contribution >= 4 is 38.2 Å². The van der Waals surface area contributed by atoms with E-state index in [1.54, 1.807) is 36.4 Å². The third-order valence-corrected chi connectivity index (χ3v) is 6.08. The van der Waals surface area contributed by atoms with Crippen LogP contribution < -0.4 is 10.0 Å². The van der Waals surface area contributed by atoms with Gasteiger partial charge in [-0.3, -0.25) is 9.52 Å². The molecule has 3 aromatic carbocycles. The molecule has 1 amide bonds. The molecule has 30 heavy (non-hydrogen) atoms. The summed E-state index contributed by atoms with van der Waals surface area (Å²) < 4.78 is 27.4. The largest absolute Gasteiger partial charge is 0.322 e. The highest BCUT2D eigenvalue weighted by Crippen LogP contribution is 2.24. The summed E-state index contributed by atoms with van der Waals surface area (Å²) >= 11 is 0. The highest BCUT2D eigenvalue weighted by atomic mass is 32.2. The molecule has 0 aliphatic rings. The maximum Gasteiger partial charge on any atom is 0.263 e. The van der Waals surface area contributed by atoms with Crippen molar-refractivity contribution in [3.63, 3.8) is 0 Å². The molecule has 0 aliphatic heterocycles. The number of pyridine rings is 1. The fourth-order valence-corrected chi connectivity index (χ4v) is 4.19. The Morgan fingerprint density at radius 1 is 0.833 bits per heavy atom. The smallest absolute Gasteiger partial charge is 0.263 e. The SMILES string of the molecule is Cc1ccc(C(=O)Nc2ccc(S(=O)(=O)Nc3ccccn3)cc2)c2ccccc12. The number of amides is 1. The second-order valence-electron chi connectivity index (χ2n) is 6.77. The Hall–Kier alpha value is -3.71. The third-order valence-electron chi connectivity index (χ3n) is 4.71. The van der Waals surface area contributed by atoms with Crippen LogP contribution in [-0.2, 0) is 10.0 Å². The van der Waals surface area contributed by atoms with Gasteiger partial charge in [-0.05, 0) is 65.7 Å².